The summed E-state index contributed by atoms with van der Waals surface area (Å²) in [6, 6.07) is 1.88. The van der Waals surface area contributed by atoms with Crippen LogP contribution in [-0.2, 0) is 0 Å². The van der Waals surface area contributed by atoms with Gasteiger partial charge in [-0.2, -0.15) is 5.26 Å². The van der Waals surface area contributed by atoms with E-state index in [4.69, 9.17) is 5.26 Å². The summed E-state index contributed by atoms with van der Waals surface area (Å²) in [5.74, 6) is -1.99. The van der Waals surface area contributed by atoms with E-state index in [1.165, 1.54) is 12.4 Å². The zero-order valence-corrected chi connectivity index (χ0v) is 9.16. The SMILES string of the molecule is N#Cc1cnc(NC2CCC(F)(F)CC2)cn1. The van der Waals surface area contributed by atoms with Crippen molar-refractivity contribution in [3.63, 3.8) is 0 Å². The van der Waals surface area contributed by atoms with Crippen LogP contribution in [0.4, 0.5) is 14.6 Å². The van der Waals surface area contributed by atoms with E-state index in [1.807, 2.05) is 6.07 Å². The smallest absolute Gasteiger partial charge is 0.248 e. The van der Waals surface area contributed by atoms with E-state index in [0.29, 0.717) is 18.7 Å². The summed E-state index contributed by atoms with van der Waals surface area (Å²) in [7, 11) is 0. The van der Waals surface area contributed by atoms with Gasteiger partial charge in [-0.15, -0.1) is 0 Å². The summed E-state index contributed by atoms with van der Waals surface area (Å²) in [6.07, 6.45) is 3.48. The van der Waals surface area contributed by atoms with Gasteiger partial charge in [-0.25, -0.2) is 18.7 Å². The van der Waals surface area contributed by atoms with Crippen molar-refractivity contribution >= 4 is 5.82 Å². The largest absolute Gasteiger partial charge is 0.366 e. The molecular weight excluding hydrogens is 226 g/mol. The lowest BCUT2D eigenvalue weighted by molar-refractivity contribution is -0.0361. The molecule has 0 bridgehead atoms. The standard InChI is InChI=1S/C11H12F2N4/c12-11(13)3-1-8(2-4-11)17-10-7-15-9(5-14)6-16-10/h6-8H,1-4H2,(H,16,17). The summed E-state index contributed by atoms with van der Waals surface area (Å²) < 4.78 is 25.8. The number of alkyl halides is 2. The Labute approximate surface area is 97.7 Å². The summed E-state index contributed by atoms with van der Waals surface area (Å²) >= 11 is 0. The van der Waals surface area contributed by atoms with Crippen LogP contribution in [-0.4, -0.2) is 21.9 Å². The Balaban J connectivity index is 1.91. The van der Waals surface area contributed by atoms with Crippen molar-refractivity contribution in [1.29, 1.82) is 5.26 Å². The normalized spacial score (nSPS) is 19.6. The van der Waals surface area contributed by atoms with Gasteiger partial charge in [-0.1, -0.05) is 0 Å². The maximum absolute atomic E-state index is 12.9. The first-order chi connectivity index (χ1) is 8.09. The second-order valence-electron chi connectivity index (χ2n) is 4.17. The average Bonchev–Trinajstić information content (AvgIpc) is 2.33. The molecule has 0 aromatic carbocycles. The van der Waals surface area contributed by atoms with Crippen LogP contribution in [0, 0.1) is 11.3 Å². The Morgan fingerprint density at radius 2 is 2.00 bits per heavy atom. The molecule has 0 amide bonds. The number of hydrogen-bond donors (Lipinski definition) is 1. The Morgan fingerprint density at radius 3 is 2.53 bits per heavy atom. The topological polar surface area (TPSA) is 61.6 Å². The van der Waals surface area contributed by atoms with E-state index in [2.05, 4.69) is 15.3 Å². The molecule has 90 valence electrons. The summed E-state index contributed by atoms with van der Waals surface area (Å²) in [5, 5.41) is 11.6. The van der Waals surface area contributed by atoms with E-state index in [1.54, 1.807) is 0 Å². The molecule has 1 fully saturated rings. The fourth-order valence-electron chi connectivity index (χ4n) is 1.85. The van der Waals surface area contributed by atoms with Gasteiger partial charge in [0.15, 0.2) is 5.69 Å². The van der Waals surface area contributed by atoms with Crippen LogP contribution < -0.4 is 5.32 Å². The minimum Gasteiger partial charge on any atom is -0.366 e. The minimum absolute atomic E-state index is 0.0110. The average molecular weight is 238 g/mol. The van der Waals surface area contributed by atoms with Crippen LogP contribution in [0.15, 0.2) is 12.4 Å². The Morgan fingerprint density at radius 1 is 1.29 bits per heavy atom. The molecule has 0 atom stereocenters. The fraction of sp³-hybridized carbons (Fsp3) is 0.545. The number of halogens is 2. The molecular formula is C11H12F2N4. The van der Waals surface area contributed by atoms with Crippen molar-refractivity contribution in [2.45, 2.75) is 37.6 Å². The third kappa shape index (κ3) is 3.09. The highest BCUT2D eigenvalue weighted by atomic mass is 19.3. The number of nitriles is 1. The molecule has 4 nitrogen and oxygen atoms in total. The first-order valence-electron chi connectivity index (χ1n) is 5.45. The number of rotatable bonds is 2. The molecule has 0 spiro atoms. The lowest BCUT2D eigenvalue weighted by Gasteiger charge is -2.28. The van der Waals surface area contributed by atoms with E-state index >= 15 is 0 Å². The van der Waals surface area contributed by atoms with Gasteiger partial charge >= 0.3 is 0 Å². The van der Waals surface area contributed by atoms with Gasteiger partial charge in [-0.05, 0) is 12.8 Å². The summed E-state index contributed by atoms with van der Waals surface area (Å²) in [6.45, 7) is 0. The molecule has 1 aromatic heterocycles. The van der Waals surface area contributed by atoms with Gasteiger partial charge in [0.1, 0.15) is 11.9 Å². The lowest BCUT2D eigenvalue weighted by Crippen LogP contribution is -2.32. The van der Waals surface area contributed by atoms with Gasteiger partial charge < -0.3 is 5.32 Å². The van der Waals surface area contributed by atoms with Crippen LogP contribution >= 0.6 is 0 Å². The summed E-state index contributed by atoms with van der Waals surface area (Å²) in [4.78, 5) is 7.85. The van der Waals surface area contributed by atoms with Crippen LogP contribution in [0.2, 0.25) is 0 Å². The van der Waals surface area contributed by atoms with Gasteiger partial charge in [0.05, 0.1) is 12.4 Å². The first-order valence-corrected chi connectivity index (χ1v) is 5.45. The van der Waals surface area contributed by atoms with Crippen molar-refractivity contribution in [3.8, 4) is 6.07 Å². The molecule has 1 aliphatic carbocycles. The van der Waals surface area contributed by atoms with Crippen LogP contribution in [0.25, 0.3) is 0 Å². The Kier molecular flexibility index (Phi) is 3.18. The monoisotopic (exact) mass is 238 g/mol. The quantitative estimate of drug-likeness (QED) is 0.859. The number of hydrogen-bond acceptors (Lipinski definition) is 4. The third-order valence-electron chi connectivity index (χ3n) is 2.84. The van der Waals surface area contributed by atoms with Crippen LogP contribution in [0.5, 0.6) is 0 Å². The molecule has 0 saturated heterocycles. The molecule has 1 heterocycles. The van der Waals surface area contributed by atoms with Gasteiger partial charge in [0.2, 0.25) is 5.92 Å². The highest BCUT2D eigenvalue weighted by molar-refractivity contribution is 5.34. The molecule has 0 aliphatic heterocycles. The number of anilines is 1. The molecule has 6 heteroatoms. The molecule has 17 heavy (non-hydrogen) atoms. The number of nitrogens with one attached hydrogen (secondary N) is 1. The molecule has 0 unspecified atom stereocenters. The van der Waals surface area contributed by atoms with Crippen LogP contribution in [0.1, 0.15) is 31.4 Å². The van der Waals surface area contributed by atoms with Gasteiger partial charge in [-0.3, -0.25) is 0 Å². The molecule has 1 saturated carbocycles. The predicted molar refractivity (Wildman–Crippen MR) is 57.6 cm³/mol. The van der Waals surface area contributed by atoms with Crippen molar-refractivity contribution in [3.05, 3.63) is 18.1 Å². The van der Waals surface area contributed by atoms with Gasteiger partial charge in [0.25, 0.3) is 0 Å². The Hall–Kier alpha value is -1.77. The summed E-state index contributed by atoms with van der Waals surface area (Å²) in [5.41, 5.74) is 0.241. The number of nitrogens with zero attached hydrogens (tertiary/aromatic N) is 3. The predicted octanol–water partition coefficient (Wildman–Crippen LogP) is 2.34. The first kappa shape index (κ1) is 11.7. The van der Waals surface area contributed by atoms with E-state index in [9.17, 15) is 8.78 Å². The van der Waals surface area contributed by atoms with E-state index in [-0.39, 0.29) is 24.6 Å². The van der Waals surface area contributed by atoms with Gasteiger partial charge in [0, 0.05) is 18.9 Å². The van der Waals surface area contributed by atoms with Crippen molar-refractivity contribution in [1.82, 2.24) is 9.97 Å². The number of aromatic nitrogens is 2. The minimum atomic E-state index is -2.52. The van der Waals surface area contributed by atoms with Crippen molar-refractivity contribution in [2.24, 2.45) is 0 Å². The molecule has 1 aliphatic rings. The van der Waals surface area contributed by atoms with Crippen molar-refractivity contribution in [2.75, 3.05) is 5.32 Å². The second kappa shape index (κ2) is 4.62. The van der Waals surface area contributed by atoms with Crippen molar-refractivity contribution < 1.29 is 8.78 Å². The third-order valence-corrected chi connectivity index (χ3v) is 2.84. The molecule has 1 N–H and O–H groups in total. The fourth-order valence-corrected chi connectivity index (χ4v) is 1.85. The molecule has 1 aromatic rings. The maximum atomic E-state index is 12.9. The second-order valence-corrected chi connectivity index (χ2v) is 4.17. The highest BCUT2D eigenvalue weighted by Crippen LogP contribution is 2.33. The zero-order chi connectivity index (χ0) is 12.3. The lowest BCUT2D eigenvalue weighted by atomic mass is 9.92. The Bertz CT molecular complexity index is 414. The zero-order valence-electron chi connectivity index (χ0n) is 9.16. The maximum Gasteiger partial charge on any atom is 0.248 e. The molecule has 0 radical (unpaired) electrons. The van der Waals surface area contributed by atoms with Crippen LogP contribution in [0.3, 0.4) is 0 Å². The van der Waals surface area contributed by atoms with E-state index in [0.717, 1.165) is 0 Å². The van der Waals surface area contributed by atoms with E-state index < -0.39 is 5.92 Å². The highest BCUT2D eigenvalue weighted by Gasteiger charge is 2.34. The molecule has 2 rings (SSSR count).